The number of benzene rings is 1. The molecule has 3 unspecified atom stereocenters. The maximum Gasteiger partial charge on any atom is 0.305 e. The van der Waals surface area contributed by atoms with Crippen LogP contribution in [0.15, 0.2) is 24.3 Å². The summed E-state index contributed by atoms with van der Waals surface area (Å²) in [6.45, 7) is 4.04. The van der Waals surface area contributed by atoms with Gasteiger partial charge in [0.05, 0.1) is 19.8 Å². The summed E-state index contributed by atoms with van der Waals surface area (Å²) < 4.78 is 4.64. The molecule has 1 aromatic carbocycles. The maximum atomic E-state index is 12.4. The van der Waals surface area contributed by atoms with E-state index < -0.39 is 6.10 Å². The molecule has 1 fully saturated rings. The Morgan fingerprint density at radius 3 is 2.39 bits per heavy atom. The van der Waals surface area contributed by atoms with E-state index in [2.05, 4.69) is 4.74 Å². The molecular formula is C23H34O5. The summed E-state index contributed by atoms with van der Waals surface area (Å²) in [4.78, 5) is 23.6. The quantitative estimate of drug-likeness (QED) is 0.472. The number of aliphatic hydroxyl groups is 2. The molecule has 0 saturated heterocycles. The summed E-state index contributed by atoms with van der Waals surface area (Å²) in [5.41, 5.74) is 1.72. The van der Waals surface area contributed by atoms with E-state index in [0.29, 0.717) is 6.42 Å². The molecule has 0 aromatic heterocycles. The van der Waals surface area contributed by atoms with Crippen LogP contribution in [0.25, 0.3) is 0 Å². The van der Waals surface area contributed by atoms with Gasteiger partial charge in [-0.15, -0.1) is 0 Å². The second-order valence-electron chi connectivity index (χ2n) is 8.56. The first kappa shape index (κ1) is 22.6. The summed E-state index contributed by atoms with van der Waals surface area (Å²) in [7, 11) is 1.40. The van der Waals surface area contributed by atoms with Crippen LogP contribution in [0.5, 0.6) is 0 Å². The number of unbranched alkanes of at least 4 members (excludes halogenated alkanes) is 3. The van der Waals surface area contributed by atoms with Crippen LogP contribution in [0.4, 0.5) is 0 Å². The van der Waals surface area contributed by atoms with Gasteiger partial charge >= 0.3 is 5.97 Å². The fourth-order valence-electron chi connectivity index (χ4n) is 4.08. The van der Waals surface area contributed by atoms with Crippen LogP contribution in [-0.2, 0) is 19.7 Å². The molecule has 0 amide bonds. The minimum Gasteiger partial charge on any atom is -0.469 e. The average molecular weight is 391 g/mol. The Bertz CT molecular complexity index is 649. The number of rotatable bonds is 10. The van der Waals surface area contributed by atoms with Gasteiger partial charge in [0.15, 0.2) is 0 Å². The number of ketones is 1. The molecule has 1 aliphatic carbocycles. The minimum absolute atomic E-state index is 0.0650. The molecule has 0 spiro atoms. The Labute approximate surface area is 168 Å². The highest BCUT2D eigenvalue weighted by molar-refractivity contribution is 5.85. The maximum absolute atomic E-state index is 12.4. The van der Waals surface area contributed by atoms with Crippen LogP contribution in [-0.4, -0.2) is 41.8 Å². The molecular weight excluding hydrogens is 356 g/mol. The molecule has 2 N–H and O–H groups in total. The van der Waals surface area contributed by atoms with Crippen LogP contribution < -0.4 is 0 Å². The smallest absolute Gasteiger partial charge is 0.305 e. The molecule has 0 bridgehead atoms. The summed E-state index contributed by atoms with van der Waals surface area (Å²) in [6.07, 6.45) is 4.42. The van der Waals surface area contributed by atoms with Crippen LogP contribution >= 0.6 is 0 Å². The van der Waals surface area contributed by atoms with Crippen LogP contribution in [0.2, 0.25) is 0 Å². The van der Waals surface area contributed by atoms with Crippen molar-refractivity contribution >= 4 is 11.8 Å². The van der Waals surface area contributed by atoms with Crippen molar-refractivity contribution in [2.24, 2.45) is 5.92 Å². The van der Waals surface area contributed by atoms with Crippen molar-refractivity contribution in [2.75, 3.05) is 13.7 Å². The lowest BCUT2D eigenvalue weighted by Gasteiger charge is -2.25. The van der Waals surface area contributed by atoms with Crippen LogP contribution in [0, 0.1) is 5.92 Å². The summed E-state index contributed by atoms with van der Waals surface area (Å²) >= 11 is 0. The number of hydrogen-bond acceptors (Lipinski definition) is 5. The van der Waals surface area contributed by atoms with Gasteiger partial charge in [-0.1, -0.05) is 57.4 Å². The highest BCUT2D eigenvalue weighted by Gasteiger charge is 2.41. The van der Waals surface area contributed by atoms with Crippen molar-refractivity contribution in [1.29, 1.82) is 0 Å². The van der Waals surface area contributed by atoms with E-state index in [1.165, 1.54) is 7.11 Å². The Morgan fingerprint density at radius 2 is 1.79 bits per heavy atom. The number of ether oxygens (including phenoxy) is 1. The molecule has 156 valence electrons. The number of aliphatic hydroxyl groups excluding tert-OH is 2. The second-order valence-corrected chi connectivity index (χ2v) is 8.56. The normalized spacial score (nSPS) is 22.5. The van der Waals surface area contributed by atoms with E-state index in [4.69, 9.17) is 0 Å². The lowest BCUT2D eigenvalue weighted by atomic mass is 9.81. The molecule has 0 radical (unpaired) electrons. The molecule has 1 saturated carbocycles. The fourth-order valence-corrected chi connectivity index (χ4v) is 4.08. The van der Waals surface area contributed by atoms with Gasteiger partial charge in [0, 0.05) is 30.1 Å². The van der Waals surface area contributed by atoms with E-state index in [0.717, 1.165) is 43.2 Å². The first-order valence-corrected chi connectivity index (χ1v) is 10.3. The Hall–Kier alpha value is -1.72. The summed E-state index contributed by atoms with van der Waals surface area (Å²) in [6, 6.07) is 7.96. The van der Waals surface area contributed by atoms with Crippen molar-refractivity contribution in [1.82, 2.24) is 0 Å². The lowest BCUT2D eigenvalue weighted by molar-refractivity contribution is -0.140. The molecule has 1 aromatic rings. The highest BCUT2D eigenvalue weighted by Crippen LogP contribution is 2.41. The second kappa shape index (κ2) is 10.2. The lowest BCUT2D eigenvalue weighted by Crippen LogP contribution is -2.23. The third kappa shape index (κ3) is 5.65. The number of methoxy groups -OCH3 is 1. The predicted molar refractivity (Wildman–Crippen MR) is 108 cm³/mol. The van der Waals surface area contributed by atoms with Crippen molar-refractivity contribution in [3.8, 4) is 0 Å². The van der Waals surface area contributed by atoms with Crippen LogP contribution in [0.3, 0.4) is 0 Å². The van der Waals surface area contributed by atoms with Crippen molar-refractivity contribution < 1.29 is 24.5 Å². The first-order chi connectivity index (χ1) is 13.3. The number of Topliss-reactive ketones (excluding diaryl/α,β-unsaturated/α-hetero) is 1. The topological polar surface area (TPSA) is 83.8 Å². The molecule has 0 heterocycles. The number of esters is 1. The fraction of sp³-hybridized carbons (Fsp3) is 0.652. The van der Waals surface area contributed by atoms with Gasteiger partial charge in [0.1, 0.15) is 5.78 Å². The average Bonchev–Trinajstić information content (AvgIpc) is 2.97. The zero-order valence-corrected chi connectivity index (χ0v) is 17.3. The zero-order valence-electron chi connectivity index (χ0n) is 17.3. The molecule has 2 rings (SSSR count). The number of carbonyl (C=O) groups excluding carboxylic acids is 2. The van der Waals surface area contributed by atoms with E-state index in [1.54, 1.807) is 0 Å². The van der Waals surface area contributed by atoms with Crippen LogP contribution in [0.1, 0.15) is 75.8 Å². The minimum atomic E-state index is -0.631. The molecule has 3 atom stereocenters. The Morgan fingerprint density at radius 1 is 1.14 bits per heavy atom. The van der Waals surface area contributed by atoms with Crippen molar-refractivity contribution in [2.45, 2.75) is 76.2 Å². The van der Waals surface area contributed by atoms with Crippen molar-refractivity contribution in [3.05, 3.63) is 35.4 Å². The molecule has 5 nitrogen and oxygen atoms in total. The zero-order chi connectivity index (χ0) is 20.7. The van der Waals surface area contributed by atoms with Crippen molar-refractivity contribution in [3.63, 3.8) is 0 Å². The Kier molecular flexibility index (Phi) is 8.20. The molecule has 1 aliphatic rings. The third-order valence-corrected chi connectivity index (χ3v) is 6.02. The third-order valence-electron chi connectivity index (χ3n) is 6.02. The van der Waals surface area contributed by atoms with Gasteiger partial charge in [0.2, 0.25) is 0 Å². The summed E-state index contributed by atoms with van der Waals surface area (Å²) in [5.74, 6) is -0.338. The number of hydrogen-bond donors (Lipinski definition) is 2. The molecule has 0 aliphatic heterocycles. The van der Waals surface area contributed by atoms with Gasteiger partial charge < -0.3 is 14.9 Å². The SMILES string of the molecule is COC(=O)CCCCCCC1C(=O)CC(O)C1c1ccc(C(C)(C)CO)cc1. The first-order valence-electron chi connectivity index (χ1n) is 10.3. The van der Waals surface area contributed by atoms with E-state index in [-0.39, 0.29) is 42.0 Å². The number of carbonyl (C=O) groups is 2. The monoisotopic (exact) mass is 390 g/mol. The van der Waals surface area contributed by atoms with Gasteiger partial charge in [-0.3, -0.25) is 9.59 Å². The molecule has 28 heavy (non-hydrogen) atoms. The van der Waals surface area contributed by atoms with E-state index in [9.17, 15) is 19.8 Å². The van der Waals surface area contributed by atoms with E-state index in [1.807, 2.05) is 38.1 Å². The largest absolute Gasteiger partial charge is 0.469 e. The van der Waals surface area contributed by atoms with Gasteiger partial charge in [0.25, 0.3) is 0 Å². The predicted octanol–water partition coefficient (Wildman–Crippen LogP) is 3.50. The molecule has 5 heteroatoms. The van der Waals surface area contributed by atoms with Gasteiger partial charge in [-0.2, -0.15) is 0 Å². The standard InChI is InChI=1S/C23H34O5/c1-23(2,15-24)17-12-10-16(11-13-17)22-18(19(25)14-20(22)26)8-6-4-5-7-9-21(27)28-3/h10-13,18,20,22,24,26H,4-9,14-15H2,1-3H3. The van der Waals surface area contributed by atoms with Gasteiger partial charge in [-0.25, -0.2) is 0 Å². The van der Waals surface area contributed by atoms with E-state index >= 15 is 0 Å². The van der Waals surface area contributed by atoms with Gasteiger partial charge in [-0.05, 0) is 24.0 Å². The highest BCUT2D eigenvalue weighted by atomic mass is 16.5. The Balaban J connectivity index is 1.94. The summed E-state index contributed by atoms with van der Waals surface area (Å²) in [5, 5.41) is 20.0.